The molecule has 0 aromatic heterocycles. The highest BCUT2D eigenvalue weighted by Crippen LogP contribution is 2.19. The predicted molar refractivity (Wildman–Crippen MR) is 112 cm³/mol. The fourth-order valence-corrected chi connectivity index (χ4v) is 2.93. The van der Waals surface area contributed by atoms with Gasteiger partial charge < -0.3 is 5.32 Å². The maximum atomic E-state index is 12.1. The Labute approximate surface area is 158 Å². The lowest BCUT2D eigenvalue weighted by Crippen LogP contribution is -2.39. The van der Waals surface area contributed by atoms with E-state index in [0.29, 0.717) is 11.7 Å². The second kappa shape index (κ2) is 8.92. The van der Waals surface area contributed by atoms with E-state index in [1.165, 1.54) is 11.6 Å². The van der Waals surface area contributed by atoms with Crippen molar-refractivity contribution in [2.45, 2.75) is 6.42 Å². The maximum absolute atomic E-state index is 12.1. The quantitative estimate of drug-likeness (QED) is 0.532. The first-order valence-electron chi connectivity index (χ1n) is 8.51. The lowest BCUT2D eigenvalue weighted by atomic mass is 10.0. The van der Waals surface area contributed by atoms with Crippen molar-refractivity contribution >= 4 is 40.1 Å². The summed E-state index contributed by atoms with van der Waals surface area (Å²) < 4.78 is 0. The molecule has 0 unspecified atom stereocenters. The van der Waals surface area contributed by atoms with Crippen LogP contribution >= 0.6 is 12.2 Å². The molecule has 0 fully saturated rings. The molecule has 0 saturated heterocycles. The van der Waals surface area contributed by atoms with Gasteiger partial charge in [0.15, 0.2) is 5.11 Å². The first-order chi connectivity index (χ1) is 12.7. The van der Waals surface area contributed by atoms with Gasteiger partial charge in [0.05, 0.1) is 0 Å². The molecule has 0 aliphatic carbocycles. The standard InChI is InChI=1S/C22H20N2OS/c25-21(24-22(26)23-16-15-17-7-2-1-3-8-17)14-13-19-11-6-10-18-9-4-5-12-20(18)19/h1-14H,15-16H2,(H2,23,24,25,26)/b14-13+. The molecule has 0 bridgehead atoms. The molecule has 0 aliphatic heterocycles. The molecule has 130 valence electrons. The lowest BCUT2D eigenvalue weighted by molar-refractivity contribution is -0.115. The van der Waals surface area contributed by atoms with Crippen molar-refractivity contribution in [3.8, 4) is 0 Å². The molecule has 2 N–H and O–H groups in total. The third-order valence-electron chi connectivity index (χ3n) is 4.02. The van der Waals surface area contributed by atoms with Gasteiger partial charge in [-0.15, -0.1) is 0 Å². The van der Waals surface area contributed by atoms with Crippen LogP contribution in [0.15, 0.2) is 78.9 Å². The largest absolute Gasteiger partial charge is 0.362 e. The Balaban J connectivity index is 1.51. The molecule has 3 nitrogen and oxygen atoms in total. The van der Waals surface area contributed by atoms with Gasteiger partial charge in [-0.2, -0.15) is 0 Å². The Morgan fingerprint density at radius 3 is 2.50 bits per heavy atom. The zero-order valence-corrected chi connectivity index (χ0v) is 15.1. The monoisotopic (exact) mass is 360 g/mol. The van der Waals surface area contributed by atoms with E-state index in [4.69, 9.17) is 12.2 Å². The number of thiocarbonyl (C=S) groups is 1. The van der Waals surface area contributed by atoms with Crippen LogP contribution in [-0.4, -0.2) is 17.6 Å². The molecular formula is C22H20N2OS. The third kappa shape index (κ3) is 5.01. The van der Waals surface area contributed by atoms with Gasteiger partial charge in [0.25, 0.3) is 0 Å². The van der Waals surface area contributed by atoms with E-state index >= 15 is 0 Å². The van der Waals surface area contributed by atoms with Crippen LogP contribution in [0, 0.1) is 0 Å². The molecular weight excluding hydrogens is 340 g/mol. The summed E-state index contributed by atoms with van der Waals surface area (Å²) in [6.45, 7) is 0.677. The molecule has 26 heavy (non-hydrogen) atoms. The molecule has 3 aromatic rings. The zero-order valence-electron chi connectivity index (χ0n) is 14.3. The number of amides is 1. The van der Waals surface area contributed by atoms with Gasteiger partial charge >= 0.3 is 0 Å². The number of fused-ring (bicyclic) bond motifs is 1. The van der Waals surface area contributed by atoms with Crippen LogP contribution in [0.1, 0.15) is 11.1 Å². The van der Waals surface area contributed by atoms with Crippen molar-refractivity contribution < 1.29 is 4.79 Å². The molecule has 0 saturated carbocycles. The summed E-state index contributed by atoms with van der Waals surface area (Å²) in [5.41, 5.74) is 2.23. The molecule has 3 aromatic carbocycles. The highest BCUT2D eigenvalue weighted by Gasteiger charge is 2.02. The van der Waals surface area contributed by atoms with E-state index in [2.05, 4.69) is 34.9 Å². The van der Waals surface area contributed by atoms with Crippen LogP contribution in [-0.2, 0) is 11.2 Å². The topological polar surface area (TPSA) is 41.1 Å². The summed E-state index contributed by atoms with van der Waals surface area (Å²) in [4.78, 5) is 12.1. The van der Waals surface area contributed by atoms with Crippen molar-refractivity contribution in [2.24, 2.45) is 0 Å². The number of benzene rings is 3. The Bertz CT molecular complexity index is 930. The molecule has 0 atom stereocenters. The summed E-state index contributed by atoms with van der Waals surface area (Å²) in [7, 11) is 0. The predicted octanol–water partition coefficient (Wildman–Crippen LogP) is 4.09. The summed E-state index contributed by atoms with van der Waals surface area (Å²) in [5.74, 6) is -0.241. The van der Waals surface area contributed by atoms with Crippen LogP contribution < -0.4 is 10.6 Å². The van der Waals surface area contributed by atoms with E-state index in [1.807, 2.05) is 54.6 Å². The number of carbonyl (C=O) groups is 1. The molecule has 4 heteroatoms. The number of hydrogen-bond acceptors (Lipinski definition) is 2. The normalized spacial score (nSPS) is 10.8. The van der Waals surface area contributed by atoms with Crippen LogP contribution in [0.4, 0.5) is 0 Å². The minimum absolute atomic E-state index is 0.241. The van der Waals surface area contributed by atoms with Crippen molar-refractivity contribution in [1.29, 1.82) is 0 Å². The summed E-state index contributed by atoms with van der Waals surface area (Å²) >= 11 is 5.18. The molecule has 0 heterocycles. The van der Waals surface area contributed by atoms with Crippen LogP contribution in [0.25, 0.3) is 16.8 Å². The van der Waals surface area contributed by atoms with Crippen LogP contribution in [0.5, 0.6) is 0 Å². The van der Waals surface area contributed by atoms with Gasteiger partial charge in [-0.05, 0) is 46.6 Å². The van der Waals surface area contributed by atoms with Gasteiger partial charge in [-0.3, -0.25) is 10.1 Å². The van der Waals surface area contributed by atoms with Crippen LogP contribution in [0.2, 0.25) is 0 Å². The summed E-state index contributed by atoms with van der Waals surface area (Å²) in [6.07, 6.45) is 4.17. The van der Waals surface area contributed by atoms with E-state index < -0.39 is 0 Å². The van der Waals surface area contributed by atoms with E-state index in [1.54, 1.807) is 0 Å². The van der Waals surface area contributed by atoms with Crippen LogP contribution in [0.3, 0.4) is 0 Å². The molecule has 0 aliphatic rings. The second-order valence-corrected chi connectivity index (χ2v) is 6.29. The molecule has 1 amide bonds. The SMILES string of the molecule is O=C(/C=C/c1cccc2ccccc12)NC(=S)NCCc1ccccc1. The van der Waals surface area contributed by atoms with E-state index in [9.17, 15) is 4.79 Å². The van der Waals surface area contributed by atoms with Gasteiger partial charge in [0.1, 0.15) is 0 Å². The Hall–Kier alpha value is -2.98. The lowest BCUT2D eigenvalue weighted by Gasteiger charge is -2.08. The Kier molecular flexibility index (Phi) is 6.12. The number of rotatable bonds is 5. The van der Waals surface area contributed by atoms with Crippen molar-refractivity contribution in [3.63, 3.8) is 0 Å². The highest BCUT2D eigenvalue weighted by molar-refractivity contribution is 7.80. The summed E-state index contributed by atoms with van der Waals surface area (Å²) in [5, 5.41) is 8.34. The first kappa shape index (κ1) is 17.8. The summed E-state index contributed by atoms with van der Waals surface area (Å²) in [6, 6.07) is 24.3. The van der Waals surface area contributed by atoms with Gasteiger partial charge in [-0.1, -0.05) is 72.8 Å². The minimum Gasteiger partial charge on any atom is -0.362 e. The van der Waals surface area contributed by atoms with Gasteiger partial charge in [0.2, 0.25) is 5.91 Å². The second-order valence-electron chi connectivity index (χ2n) is 5.88. The number of nitrogens with one attached hydrogen (secondary N) is 2. The Morgan fingerprint density at radius 1 is 0.923 bits per heavy atom. The van der Waals surface area contributed by atoms with Crippen molar-refractivity contribution in [2.75, 3.05) is 6.54 Å². The fourth-order valence-electron chi connectivity index (χ4n) is 2.72. The smallest absolute Gasteiger partial charge is 0.250 e. The van der Waals surface area contributed by atoms with Crippen molar-refractivity contribution in [3.05, 3.63) is 90.0 Å². The van der Waals surface area contributed by atoms with E-state index in [0.717, 1.165) is 22.8 Å². The van der Waals surface area contributed by atoms with Gasteiger partial charge in [0, 0.05) is 12.6 Å². The zero-order chi connectivity index (χ0) is 18.2. The van der Waals surface area contributed by atoms with Gasteiger partial charge in [-0.25, -0.2) is 0 Å². The minimum atomic E-state index is -0.241. The third-order valence-corrected chi connectivity index (χ3v) is 4.26. The van der Waals surface area contributed by atoms with E-state index in [-0.39, 0.29) is 5.91 Å². The first-order valence-corrected chi connectivity index (χ1v) is 8.92. The number of hydrogen-bond donors (Lipinski definition) is 2. The average molecular weight is 360 g/mol. The molecule has 3 rings (SSSR count). The highest BCUT2D eigenvalue weighted by atomic mass is 32.1. The average Bonchev–Trinajstić information content (AvgIpc) is 2.67. The molecule has 0 spiro atoms. The van der Waals surface area contributed by atoms with Crippen molar-refractivity contribution in [1.82, 2.24) is 10.6 Å². The Morgan fingerprint density at radius 2 is 1.65 bits per heavy atom. The number of carbonyl (C=O) groups excluding carboxylic acids is 1. The maximum Gasteiger partial charge on any atom is 0.250 e. The molecule has 0 radical (unpaired) electrons. The fraction of sp³-hybridized carbons (Fsp3) is 0.0909.